The highest BCUT2D eigenvalue weighted by atomic mass is 19.1. The van der Waals surface area contributed by atoms with E-state index in [0.717, 1.165) is 30.5 Å². The molecule has 2 aromatic heterocycles. The van der Waals surface area contributed by atoms with E-state index in [0.29, 0.717) is 29.9 Å². The van der Waals surface area contributed by atoms with E-state index in [2.05, 4.69) is 25.5 Å². The fourth-order valence-corrected chi connectivity index (χ4v) is 3.82. The van der Waals surface area contributed by atoms with Gasteiger partial charge in [-0.3, -0.25) is 5.10 Å². The third kappa shape index (κ3) is 5.29. The van der Waals surface area contributed by atoms with E-state index in [4.69, 9.17) is 9.47 Å². The number of hydrogen-bond acceptors (Lipinski definition) is 7. The Labute approximate surface area is 199 Å². The van der Waals surface area contributed by atoms with Crippen molar-refractivity contribution < 1.29 is 23.0 Å². The van der Waals surface area contributed by atoms with Crippen LogP contribution in [0.4, 0.5) is 19.4 Å². The number of aromatic amines is 1. The maximum absolute atomic E-state index is 13.8. The molecule has 180 valence electrons. The van der Waals surface area contributed by atoms with Crippen LogP contribution >= 0.6 is 0 Å². The Morgan fingerprint density at radius 1 is 1.14 bits per heavy atom. The number of aromatic nitrogens is 4. The number of carbonyl (C=O) groups excluding carboxylic acids is 1. The van der Waals surface area contributed by atoms with Gasteiger partial charge in [0, 0.05) is 31.4 Å². The molecule has 35 heavy (non-hydrogen) atoms. The lowest BCUT2D eigenvalue weighted by molar-refractivity contribution is 0.0881. The van der Waals surface area contributed by atoms with Gasteiger partial charge in [-0.25, -0.2) is 18.6 Å². The second kappa shape index (κ2) is 9.92. The van der Waals surface area contributed by atoms with Crippen molar-refractivity contribution in [3.05, 3.63) is 71.9 Å². The maximum atomic E-state index is 13.8. The van der Waals surface area contributed by atoms with Crippen LogP contribution in [-0.2, 0) is 11.3 Å². The van der Waals surface area contributed by atoms with Crippen LogP contribution in [0.2, 0.25) is 0 Å². The van der Waals surface area contributed by atoms with Gasteiger partial charge in [0.25, 0.3) is 0 Å². The van der Waals surface area contributed by atoms with Crippen LogP contribution in [0.5, 0.6) is 11.8 Å². The van der Waals surface area contributed by atoms with Crippen LogP contribution in [0.25, 0.3) is 11.0 Å². The average molecular weight is 480 g/mol. The van der Waals surface area contributed by atoms with Crippen LogP contribution in [0.15, 0.2) is 54.7 Å². The quantitative estimate of drug-likeness (QED) is 0.414. The number of piperidine rings is 1. The zero-order chi connectivity index (χ0) is 24.2. The average Bonchev–Trinajstić information content (AvgIpc) is 3.27. The minimum absolute atomic E-state index is 0.0967. The molecule has 5 rings (SSSR count). The minimum atomic E-state index is -0.851. The zero-order valence-corrected chi connectivity index (χ0v) is 18.6. The number of H-pyrrole nitrogens is 1. The lowest BCUT2D eigenvalue weighted by Crippen LogP contribution is -2.42. The van der Waals surface area contributed by atoms with Gasteiger partial charge in [0.15, 0.2) is 23.0 Å². The maximum Gasteiger partial charge on any atom is 0.410 e. The van der Waals surface area contributed by atoms with Gasteiger partial charge in [-0.1, -0.05) is 30.3 Å². The first-order valence-corrected chi connectivity index (χ1v) is 11.1. The van der Waals surface area contributed by atoms with Gasteiger partial charge < -0.3 is 19.7 Å². The number of benzene rings is 2. The normalized spacial score (nSPS) is 14.2. The predicted molar refractivity (Wildman–Crippen MR) is 123 cm³/mol. The molecule has 0 radical (unpaired) electrons. The summed E-state index contributed by atoms with van der Waals surface area (Å²) in [5.41, 5.74) is 1.35. The van der Waals surface area contributed by atoms with E-state index in [1.54, 1.807) is 4.90 Å². The summed E-state index contributed by atoms with van der Waals surface area (Å²) in [6, 6.07) is 12.5. The summed E-state index contributed by atoms with van der Waals surface area (Å²) in [7, 11) is 0. The standard InChI is InChI=1S/C24H22F2N6O3/c25-16-6-7-20(19(26)12-16)35-23-27-13-18-21(30-31-22(18)29-23)28-17-8-10-32(11-9-17)24(33)34-14-15-4-2-1-3-5-15/h1-7,12-13,17H,8-11,14H2,(H2,27,28,29,30,31). The first-order valence-electron chi connectivity index (χ1n) is 11.1. The lowest BCUT2D eigenvalue weighted by atomic mass is 10.1. The molecule has 1 fully saturated rings. The number of amides is 1. The topological polar surface area (TPSA) is 105 Å². The van der Waals surface area contributed by atoms with Crippen molar-refractivity contribution in [3.63, 3.8) is 0 Å². The number of nitrogens with zero attached hydrogens (tertiary/aromatic N) is 4. The Bertz CT molecular complexity index is 1330. The third-order valence-electron chi connectivity index (χ3n) is 5.69. The number of fused-ring (bicyclic) bond motifs is 1. The molecule has 0 unspecified atom stereocenters. The first kappa shape index (κ1) is 22.5. The number of rotatable bonds is 6. The first-order chi connectivity index (χ1) is 17.0. The molecule has 1 aliphatic heterocycles. The molecular formula is C24H22F2N6O3. The fraction of sp³-hybridized carbons (Fsp3) is 0.250. The van der Waals surface area contributed by atoms with E-state index in [1.165, 1.54) is 12.3 Å². The van der Waals surface area contributed by atoms with Crippen molar-refractivity contribution >= 4 is 22.9 Å². The van der Waals surface area contributed by atoms with E-state index < -0.39 is 11.6 Å². The second-order valence-electron chi connectivity index (χ2n) is 8.11. The third-order valence-corrected chi connectivity index (χ3v) is 5.69. The van der Waals surface area contributed by atoms with E-state index in [9.17, 15) is 13.6 Å². The van der Waals surface area contributed by atoms with Gasteiger partial charge in [0.1, 0.15) is 12.4 Å². The number of nitrogens with one attached hydrogen (secondary N) is 2. The molecule has 0 bridgehead atoms. The number of anilines is 1. The molecule has 2 aromatic carbocycles. The van der Waals surface area contributed by atoms with E-state index in [-0.39, 0.29) is 30.5 Å². The predicted octanol–water partition coefficient (Wildman–Crippen LogP) is 4.64. The summed E-state index contributed by atoms with van der Waals surface area (Å²) < 4.78 is 37.7. The second-order valence-corrected chi connectivity index (χ2v) is 8.11. The van der Waals surface area contributed by atoms with Crippen molar-refractivity contribution in [2.45, 2.75) is 25.5 Å². The van der Waals surface area contributed by atoms with Crippen molar-refractivity contribution in [2.24, 2.45) is 0 Å². The molecular weight excluding hydrogens is 458 g/mol. The Morgan fingerprint density at radius 2 is 1.94 bits per heavy atom. The zero-order valence-electron chi connectivity index (χ0n) is 18.6. The van der Waals surface area contributed by atoms with Crippen LogP contribution < -0.4 is 10.1 Å². The highest BCUT2D eigenvalue weighted by Gasteiger charge is 2.25. The SMILES string of the molecule is O=C(OCc1ccccc1)N1CCC(Nc2n[nH]c3nc(Oc4ccc(F)cc4F)ncc23)CC1. The summed E-state index contributed by atoms with van der Waals surface area (Å²) in [5.74, 6) is -1.16. The Kier molecular flexibility index (Phi) is 6.38. The smallest absolute Gasteiger partial charge is 0.410 e. The van der Waals surface area contributed by atoms with Crippen molar-refractivity contribution in [1.82, 2.24) is 25.1 Å². The monoisotopic (exact) mass is 480 g/mol. The molecule has 0 spiro atoms. The molecule has 9 nitrogen and oxygen atoms in total. The number of ether oxygens (including phenoxy) is 2. The van der Waals surface area contributed by atoms with Gasteiger partial charge in [-0.05, 0) is 30.5 Å². The molecule has 0 atom stereocenters. The Hall–Kier alpha value is -4.28. The summed E-state index contributed by atoms with van der Waals surface area (Å²) in [6.45, 7) is 1.37. The fourth-order valence-electron chi connectivity index (χ4n) is 3.82. The van der Waals surface area contributed by atoms with Crippen LogP contribution in [0, 0.1) is 11.6 Å². The van der Waals surface area contributed by atoms with E-state index >= 15 is 0 Å². The highest BCUT2D eigenvalue weighted by molar-refractivity contribution is 5.86. The molecule has 3 heterocycles. The lowest BCUT2D eigenvalue weighted by Gasteiger charge is -2.31. The van der Waals surface area contributed by atoms with Gasteiger partial charge in [0.2, 0.25) is 0 Å². The van der Waals surface area contributed by atoms with Gasteiger partial charge >= 0.3 is 12.1 Å². The van der Waals surface area contributed by atoms with Gasteiger partial charge in [-0.2, -0.15) is 10.1 Å². The van der Waals surface area contributed by atoms with Crippen molar-refractivity contribution in [2.75, 3.05) is 18.4 Å². The molecule has 4 aromatic rings. The van der Waals surface area contributed by atoms with E-state index in [1.807, 2.05) is 30.3 Å². The molecule has 0 aliphatic carbocycles. The Balaban J connectivity index is 1.16. The molecule has 1 saturated heterocycles. The van der Waals surface area contributed by atoms with Crippen LogP contribution in [0.1, 0.15) is 18.4 Å². The number of likely N-dealkylation sites (tertiary alicyclic amines) is 1. The summed E-state index contributed by atoms with van der Waals surface area (Å²) >= 11 is 0. The van der Waals surface area contributed by atoms with Crippen LogP contribution in [0.3, 0.4) is 0 Å². The van der Waals surface area contributed by atoms with Gasteiger partial charge in [0.05, 0.1) is 5.39 Å². The summed E-state index contributed by atoms with van der Waals surface area (Å²) in [4.78, 5) is 22.4. The van der Waals surface area contributed by atoms with Gasteiger partial charge in [-0.15, -0.1) is 0 Å². The minimum Gasteiger partial charge on any atom is -0.445 e. The molecule has 0 saturated carbocycles. The molecule has 1 amide bonds. The number of carbonyl (C=O) groups is 1. The van der Waals surface area contributed by atoms with Crippen LogP contribution in [-0.4, -0.2) is 50.3 Å². The Morgan fingerprint density at radius 3 is 2.71 bits per heavy atom. The molecule has 1 aliphatic rings. The summed E-state index contributed by atoms with van der Waals surface area (Å²) in [5, 5.41) is 11.1. The van der Waals surface area contributed by atoms with Crippen molar-refractivity contribution in [1.29, 1.82) is 0 Å². The molecule has 11 heteroatoms. The van der Waals surface area contributed by atoms with Crippen molar-refractivity contribution in [3.8, 4) is 11.8 Å². The molecule has 2 N–H and O–H groups in total. The largest absolute Gasteiger partial charge is 0.445 e. The highest BCUT2D eigenvalue weighted by Crippen LogP contribution is 2.26. The number of halogens is 2. The number of hydrogen-bond donors (Lipinski definition) is 2. The summed E-state index contributed by atoms with van der Waals surface area (Å²) in [6.07, 6.45) is 2.64.